The van der Waals surface area contributed by atoms with Crippen LogP contribution in [-0.2, 0) is 0 Å². The molecule has 0 aliphatic heterocycles. The second-order valence-corrected chi connectivity index (χ2v) is 3.45. The van der Waals surface area contributed by atoms with Crippen LogP contribution in [0.2, 0.25) is 0 Å². The smallest absolute Gasteiger partial charge is 0.335 e. The number of rotatable bonds is 2. The molecule has 4 nitrogen and oxygen atoms in total. The first-order valence-corrected chi connectivity index (χ1v) is 4.81. The summed E-state index contributed by atoms with van der Waals surface area (Å²) < 4.78 is 0. The van der Waals surface area contributed by atoms with Crippen molar-refractivity contribution in [2.24, 2.45) is 0 Å². The van der Waals surface area contributed by atoms with E-state index in [2.05, 4.69) is 10.2 Å². The fraction of sp³-hybridized carbons (Fsp3) is 0.0833. The van der Waals surface area contributed by atoms with Crippen LogP contribution < -0.4 is 0 Å². The molecule has 0 bridgehead atoms. The lowest BCUT2D eigenvalue weighted by Gasteiger charge is -2.01. The number of hydrogen-bond acceptors (Lipinski definition) is 3. The third-order valence-corrected chi connectivity index (χ3v) is 2.20. The van der Waals surface area contributed by atoms with Crippen LogP contribution >= 0.6 is 0 Å². The van der Waals surface area contributed by atoms with Gasteiger partial charge in [-0.1, -0.05) is 12.1 Å². The van der Waals surface area contributed by atoms with E-state index < -0.39 is 5.97 Å². The van der Waals surface area contributed by atoms with E-state index >= 15 is 0 Å². The van der Waals surface area contributed by atoms with E-state index in [1.165, 1.54) is 0 Å². The summed E-state index contributed by atoms with van der Waals surface area (Å²) in [6, 6.07) is 10.3. The molecule has 0 amide bonds. The third kappa shape index (κ3) is 2.06. The zero-order valence-electron chi connectivity index (χ0n) is 8.71. The van der Waals surface area contributed by atoms with Crippen molar-refractivity contribution in [2.45, 2.75) is 6.92 Å². The third-order valence-electron chi connectivity index (χ3n) is 2.20. The van der Waals surface area contributed by atoms with Gasteiger partial charge in [0.05, 0.1) is 17.0 Å². The molecule has 0 aliphatic carbocycles. The molecule has 0 aliphatic rings. The molecule has 1 aromatic carbocycles. The number of carboxylic acid groups (broad SMARTS) is 1. The van der Waals surface area contributed by atoms with Crippen LogP contribution in [0.15, 0.2) is 36.4 Å². The minimum Gasteiger partial charge on any atom is -0.478 e. The Hall–Kier alpha value is -2.23. The van der Waals surface area contributed by atoms with Gasteiger partial charge in [-0.2, -0.15) is 10.2 Å². The Balaban J connectivity index is 2.44. The molecule has 0 saturated heterocycles. The first-order chi connectivity index (χ1) is 7.66. The highest BCUT2D eigenvalue weighted by atomic mass is 16.4. The summed E-state index contributed by atoms with van der Waals surface area (Å²) in [4.78, 5) is 10.8. The van der Waals surface area contributed by atoms with Crippen molar-refractivity contribution < 1.29 is 9.90 Å². The largest absolute Gasteiger partial charge is 0.478 e. The second kappa shape index (κ2) is 4.10. The molecule has 1 aromatic heterocycles. The van der Waals surface area contributed by atoms with Gasteiger partial charge in [-0.05, 0) is 31.2 Å². The number of carboxylic acids is 1. The number of carbonyl (C=O) groups is 1. The summed E-state index contributed by atoms with van der Waals surface area (Å²) >= 11 is 0. The molecule has 2 rings (SSSR count). The first kappa shape index (κ1) is 10.3. The summed E-state index contributed by atoms with van der Waals surface area (Å²) in [5.41, 5.74) is 2.51. The van der Waals surface area contributed by atoms with Gasteiger partial charge in [0.2, 0.25) is 0 Å². The van der Waals surface area contributed by atoms with E-state index in [1.54, 1.807) is 18.2 Å². The van der Waals surface area contributed by atoms with Gasteiger partial charge >= 0.3 is 5.97 Å². The number of nitrogens with zero attached hydrogens (tertiary/aromatic N) is 2. The number of aromatic carboxylic acids is 1. The first-order valence-electron chi connectivity index (χ1n) is 4.81. The topological polar surface area (TPSA) is 63.1 Å². The molecule has 1 N–H and O–H groups in total. The van der Waals surface area contributed by atoms with Crippen LogP contribution in [-0.4, -0.2) is 21.3 Å². The zero-order valence-corrected chi connectivity index (χ0v) is 8.71. The summed E-state index contributed by atoms with van der Waals surface area (Å²) in [7, 11) is 0. The molecular weight excluding hydrogens is 204 g/mol. The Kier molecular flexibility index (Phi) is 2.64. The molecule has 0 saturated carbocycles. The van der Waals surface area contributed by atoms with Crippen molar-refractivity contribution in [1.82, 2.24) is 10.2 Å². The maximum Gasteiger partial charge on any atom is 0.335 e. The predicted octanol–water partition coefficient (Wildman–Crippen LogP) is 2.15. The van der Waals surface area contributed by atoms with Crippen molar-refractivity contribution in [1.29, 1.82) is 0 Å². The van der Waals surface area contributed by atoms with Gasteiger partial charge in [0, 0.05) is 5.56 Å². The average Bonchev–Trinajstić information content (AvgIpc) is 2.30. The highest BCUT2D eigenvalue weighted by Gasteiger charge is 2.05. The Labute approximate surface area is 92.6 Å². The molecule has 0 spiro atoms. The van der Waals surface area contributed by atoms with Crippen molar-refractivity contribution in [3.05, 3.63) is 47.7 Å². The van der Waals surface area contributed by atoms with Gasteiger partial charge in [0.15, 0.2) is 0 Å². The van der Waals surface area contributed by atoms with Crippen molar-refractivity contribution in [3.8, 4) is 11.3 Å². The van der Waals surface area contributed by atoms with E-state index in [4.69, 9.17) is 5.11 Å². The lowest BCUT2D eigenvalue weighted by atomic mass is 10.1. The van der Waals surface area contributed by atoms with E-state index in [-0.39, 0.29) is 5.56 Å². The zero-order chi connectivity index (χ0) is 11.5. The Bertz CT molecular complexity index is 521. The summed E-state index contributed by atoms with van der Waals surface area (Å²) in [6.45, 7) is 1.85. The van der Waals surface area contributed by atoms with Crippen molar-refractivity contribution in [2.75, 3.05) is 0 Å². The maximum atomic E-state index is 10.8. The quantitative estimate of drug-likeness (QED) is 0.831. The molecule has 4 heteroatoms. The van der Waals surface area contributed by atoms with Gasteiger partial charge in [0.25, 0.3) is 0 Å². The minimum absolute atomic E-state index is 0.250. The van der Waals surface area contributed by atoms with Crippen LogP contribution in [0.5, 0.6) is 0 Å². The summed E-state index contributed by atoms with van der Waals surface area (Å²) in [5, 5.41) is 16.8. The van der Waals surface area contributed by atoms with E-state index in [1.807, 2.05) is 25.1 Å². The van der Waals surface area contributed by atoms with E-state index in [0.717, 1.165) is 11.3 Å². The highest BCUT2D eigenvalue weighted by Crippen LogP contribution is 2.17. The molecule has 0 fully saturated rings. The summed E-state index contributed by atoms with van der Waals surface area (Å²) in [5.74, 6) is -0.943. The number of aromatic nitrogens is 2. The molecule has 0 radical (unpaired) electrons. The monoisotopic (exact) mass is 214 g/mol. The fourth-order valence-corrected chi connectivity index (χ4v) is 1.36. The minimum atomic E-state index is -0.943. The number of hydrogen-bond donors (Lipinski definition) is 1. The van der Waals surface area contributed by atoms with Gasteiger partial charge < -0.3 is 5.11 Å². The lowest BCUT2D eigenvalue weighted by Crippen LogP contribution is -1.96. The maximum absolute atomic E-state index is 10.8. The predicted molar refractivity (Wildman–Crippen MR) is 59.2 cm³/mol. The van der Waals surface area contributed by atoms with Crippen LogP contribution in [0.25, 0.3) is 11.3 Å². The molecule has 2 aromatic rings. The average molecular weight is 214 g/mol. The van der Waals surface area contributed by atoms with Gasteiger partial charge in [-0.25, -0.2) is 4.79 Å². The van der Waals surface area contributed by atoms with Crippen LogP contribution in [0.1, 0.15) is 16.1 Å². The lowest BCUT2D eigenvalue weighted by molar-refractivity contribution is 0.0697. The SMILES string of the molecule is Cc1ccc(-c2cccc(C(=O)O)c2)nn1. The standard InChI is InChI=1S/C12H10N2O2/c1-8-5-6-11(14-13-8)9-3-2-4-10(7-9)12(15)16/h2-7H,1H3,(H,15,16). The van der Waals surface area contributed by atoms with E-state index in [0.29, 0.717) is 5.69 Å². The molecule has 80 valence electrons. The van der Waals surface area contributed by atoms with Gasteiger partial charge in [0.1, 0.15) is 0 Å². The molecule has 0 atom stereocenters. The van der Waals surface area contributed by atoms with Crippen molar-refractivity contribution in [3.63, 3.8) is 0 Å². The van der Waals surface area contributed by atoms with Gasteiger partial charge in [-0.15, -0.1) is 0 Å². The highest BCUT2D eigenvalue weighted by molar-refractivity contribution is 5.89. The fourth-order valence-electron chi connectivity index (χ4n) is 1.36. The normalized spacial score (nSPS) is 10.1. The Morgan fingerprint density at radius 1 is 1.19 bits per heavy atom. The Morgan fingerprint density at radius 3 is 2.62 bits per heavy atom. The molecule has 16 heavy (non-hydrogen) atoms. The summed E-state index contributed by atoms with van der Waals surface area (Å²) in [6.07, 6.45) is 0. The number of benzene rings is 1. The van der Waals surface area contributed by atoms with Crippen LogP contribution in [0, 0.1) is 6.92 Å². The molecular formula is C12H10N2O2. The number of aryl methyl sites for hydroxylation is 1. The van der Waals surface area contributed by atoms with Gasteiger partial charge in [-0.3, -0.25) is 0 Å². The molecule has 1 heterocycles. The second-order valence-electron chi connectivity index (χ2n) is 3.45. The van der Waals surface area contributed by atoms with Crippen LogP contribution in [0.4, 0.5) is 0 Å². The Morgan fingerprint density at radius 2 is 2.00 bits per heavy atom. The van der Waals surface area contributed by atoms with Crippen LogP contribution in [0.3, 0.4) is 0 Å². The molecule has 0 unspecified atom stereocenters. The van der Waals surface area contributed by atoms with Crippen molar-refractivity contribution >= 4 is 5.97 Å². The van der Waals surface area contributed by atoms with E-state index in [9.17, 15) is 4.79 Å².